The highest BCUT2D eigenvalue weighted by Gasteiger charge is 2.38. The highest BCUT2D eigenvalue weighted by molar-refractivity contribution is 9.10. The number of aromatic nitrogens is 1. The van der Waals surface area contributed by atoms with Crippen LogP contribution in [0.2, 0.25) is 0 Å². The fraction of sp³-hybridized carbons (Fsp3) is 0.0741. The topological polar surface area (TPSA) is 91.8 Å². The standard InChI is InChI=1S/C27H18BrN3O4/c28-17-10-11-19-18(14-17)24(16-6-2-1-3-7-16)25(26(32)29-19)20-15-21(22-8-4-12-34-22)31(30-20)27(33)23-9-5-13-35-23/h1-14,21H,15H2,(H,29,32). The van der Waals surface area contributed by atoms with Crippen LogP contribution in [0.25, 0.3) is 22.0 Å². The van der Waals surface area contributed by atoms with E-state index in [0.29, 0.717) is 29.0 Å². The Bertz CT molecular complexity index is 1620. The molecular weight excluding hydrogens is 510 g/mol. The zero-order valence-corrected chi connectivity index (χ0v) is 19.9. The third-order valence-corrected chi connectivity index (χ3v) is 6.54. The first kappa shape index (κ1) is 21.4. The van der Waals surface area contributed by atoms with Gasteiger partial charge in [-0.2, -0.15) is 5.10 Å². The molecule has 172 valence electrons. The first-order valence-corrected chi connectivity index (χ1v) is 11.8. The van der Waals surface area contributed by atoms with Gasteiger partial charge in [0.2, 0.25) is 0 Å². The molecule has 2 aromatic carbocycles. The average Bonchev–Trinajstić information content (AvgIpc) is 3.65. The number of hydrogen-bond donors (Lipinski definition) is 1. The molecule has 8 heteroatoms. The highest BCUT2D eigenvalue weighted by Crippen LogP contribution is 2.38. The van der Waals surface area contributed by atoms with E-state index in [1.54, 1.807) is 30.5 Å². The van der Waals surface area contributed by atoms with Crippen molar-refractivity contribution in [2.45, 2.75) is 12.5 Å². The zero-order valence-electron chi connectivity index (χ0n) is 18.3. The van der Waals surface area contributed by atoms with E-state index in [1.165, 1.54) is 11.3 Å². The van der Waals surface area contributed by atoms with Gasteiger partial charge in [0.15, 0.2) is 5.76 Å². The molecule has 1 amide bonds. The van der Waals surface area contributed by atoms with Gasteiger partial charge in [0.25, 0.3) is 5.56 Å². The maximum atomic E-state index is 13.5. The van der Waals surface area contributed by atoms with Gasteiger partial charge in [-0.05, 0) is 48.0 Å². The normalized spacial score (nSPS) is 15.5. The summed E-state index contributed by atoms with van der Waals surface area (Å²) in [5.41, 5.74) is 2.99. The summed E-state index contributed by atoms with van der Waals surface area (Å²) in [5, 5.41) is 6.88. The van der Waals surface area contributed by atoms with Gasteiger partial charge in [-0.1, -0.05) is 46.3 Å². The molecule has 0 radical (unpaired) electrons. The van der Waals surface area contributed by atoms with Crippen LogP contribution in [0.1, 0.15) is 34.3 Å². The lowest BCUT2D eigenvalue weighted by Gasteiger charge is -2.18. The third kappa shape index (κ3) is 3.72. The lowest BCUT2D eigenvalue weighted by Crippen LogP contribution is -2.26. The van der Waals surface area contributed by atoms with E-state index in [-0.39, 0.29) is 11.3 Å². The van der Waals surface area contributed by atoms with Gasteiger partial charge >= 0.3 is 5.91 Å². The summed E-state index contributed by atoms with van der Waals surface area (Å²) in [5.74, 6) is 0.323. The molecule has 1 atom stereocenters. The monoisotopic (exact) mass is 527 g/mol. The van der Waals surface area contributed by atoms with Crippen molar-refractivity contribution >= 4 is 38.5 Å². The van der Waals surface area contributed by atoms with Gasteiger partial charge < -0.3 is 13.8 Å². The average molecular weight is 528 g/mol. The van der Waals surface area contributed by atoms with Crippen LogP contribution in [-0.2, 0) is 0 Å². The Kier molecular flexibility index (Phi) is 5.22. The molecule has 0 fully saturated rings. The molecule has 4 heterocycles. The maximum absolute atomic E-state index is 13.5. The number of hydrazone groups is 1. The molecule has 3 aromatic heterocycles. The van der Waals surface area contributed by atoms with Gasteiger partial charge in [0.05, 0.1) is 23.8 Å². The SMILES string of the molecule is O=C(c1ccco1)N1N=C(c2c(-c3ccccc3)c3cc(Br)ccc3[nH]c2=O)CC1c1ccco1. The number of carbonyl (C=O) groups excluding carboxylic acids is 1. The Balaban J connectivity index is 1.58. The first-order valence-electron chi connectivity index (χ1n) is 11.0. The summed E-state index contributed by atoms with van der Waals surface area (Å²) < 4.78 is 11.9. The fourth-order valence-corrected chi connectivity index (χ4v) is 4.87. The van der Waals surface area contributed by atoms with E-state index < -0.39 is 11.9 Å². The highest BCUT2D eigenvalue weighted by atomic mass is 79.9. The van der Waals surface area contributed by atoms with Gasteiger partial charge in [-0.3, -0.25) is 9.59 Å². The first-order chi connectivity index (χ1) is 17.1. The summed E-state index contributed by atoms with van der Waals surface area (Å²) in [7, 11) is 0. The smallest absolute Gasteiger partial charge is 0.310 e. The molecule has 1 unspecified atom stereocenters. The van der Waals surface area contributed by atoms with E-state index in [2.05, 4.69) is 26.0 Å². The molecule has 6 rings (SSSR count). The molecule has 0 bridgehead atoms. The van der Waals surface area contributed by atoms with E-state index in [9.17, 15) is 9.59 Å². The predicted octanol–water partition coefficient (Wildman–Crippen LogP) is 6.14. The van der Waals surface area contributed by atoms with Crippen LogP contribution in [0.15, 0.2) is 109 Å². The molecule has 0 aliphatic carbocycles. The Morgan fingerprint density at radius 2 is 1.77 bits per heavy atom. The van der Waals surface area contributed by atoms with Crippen molar-refractivity contribution in [2.24, 2.45) is 5.10 Å². The summed E-state index contributed by atoms with van der Waals surface area (Å²) in [6.45, 7) is 0. The van der Waals surface area contributed by atoms with Crippen LogP contribution in [0.5, 0.6) is 0 Å². The molecule has 7 nitrogen and oxygen atoms in total. The van der Waals surface area contributed by atoms with Crippen molar-refractivity contribution in [3.8, 4) is 11.1 Å². The van der Waals surface area contributed by atoms with Crippen LogP contribution >= 0.6 is 15.9 Å². The number of furan rings is 2. The second kappa shape index (κ2) is 8.56. The number of nitrogens with zero attached hydrogens (tertiary/aromatic N) is 2. The Labute approximate surface area is 207 Å². The van der Waals surface area contributed by atoms with Crippen LogP contribution < -0.4 is 5.56 Å². The second-order valence-corrected chi connectivity index (χ2v) is 9.08. The Morgan fingerprint density at radius 3 is 2.51 bits per heavy atom. The third-order valence-electron chi connectivity index (χ3n) is 6.05. The van der Waals surface area contributed by atoms with Gasteiger partial charge in [-0.15, -0.1) is 0 Å². The number of hydrogen-bond acceptors (Lipinski definition) is 5. The van der Waals surface area contributed by atoms with Crippen LogP contribution in [0.3, 0.4) is 0 Å². The lowest BCUT2D eigenvalue weighted by atomic mass is 9.92. The van der Waals surface area contributed by atoms with Crippen molar-refractivity contribution in [1.82, 2.24) is 9.99 Å². The minimum Gasteiger partial charge on any atom is -0.467 e. The summed E-state index contributed by atoms with van der Waals surface area (Å²) >= 11 is 3.55. The van der Waals surface area contributed by atoms with E-state index in [1.807, 2.05) is 48.5 Å². The molecule has 35 heavy (non-hydrogen) atoms. The van der Waals surface area contributed by atoms with Crippen molar-refractivity contribution in [3.05, 3.63) is 117 Å². The number of aromatic amines is 1. The lowest BCUT2D eigenvalue weighted by molar-refractivity contribution is 0.0660. The van der Waals surface area contributed by atoms with Crippen molar-refractivity contribution in [3.63, 3.8) is 0 Å². The maximum Gasteiger partial charge on any atom is 0.310 e. The summed E-state index contributed by atoms with van der Waals surface area (Å²) in [4.78, 5) is 29.8. The van der Waals surface area contributed by atoms with E-state index in [4.69, 9.17) is 8.83 Å². The Morgan fingerprint density at radius 1 is 0.971 bits per heavy atom. The van der Waals surface area contributed by atoms with Crippen LogP contribution in [0, 0.1) is 0 Å². The number of nitrogens with one attached hydrogen (secondary N) is 1. The molecule has 0 saturated heterocycles. The Hall–Kier alpha value is -4.17. The number of benzene rings is 2. The minimum atomic E-state index is -0.515. The molecular formula is C27H18BrN3O4. The largest absolute Gasteiger partial charge is 0.467 e. The van der Waals surface area contributed by atoms with Gasteiger partial charge in [-0.25, -0.2) is 5.01 Å². The fourth-order valence-electron chi connectivity index (χ4n) is 4.51. The van der Waals surface area contributed by atoms with Gasteiger partial charge in [0.1, 0.15) is 11.8 Å². The van der Waals surface area contributed by atoms with Gasteiger partial charge in [0, 0.05) is 27.4 Å². The number of halogens is 1. The number of H-pyrrole nitrogens is 1. The van der Waals surface area contributed by atoms with Crippen molar-refractivity contribution in [2.75, 3.05) is 0 Å². The summed E-state index contributed by atoms with van der Waals surface area (Å²) in [6, 6.07) is 21.7. The molecule has 0 spiro atoms. The number of carbonyl (C=O) groups is 1. The van der Waals surface area contributed by atoms with E-state index >= 15 is 0 Å². The number of amides is 1. The summed E-state index contributed by atoms with van der Waals surface area (Å²) in [6.07, 6.45) is 3.30. The van der Waals surface area contributed by atoms with Crippen molar-refractivity contribution < 1.29 is 13.6 Å². The van der Waals surface area contributed by atoms with E-state index in [0.717, 1.165) is 21.0 Å². The molecule has 1 N–H and O–H groups in total. The van der Waals surface area contributed by atoms with Crippen LogP contribution in [0.4, 0.5) is 0 Å². The molecule has 1 aliphatic heterocycles. The number of rotatable bonds is 4. The van der Waals surface area contributed by atoms with Crippen molar-refractivity contribution in [1.29, 1.82) is 0 Å². The quantitative estimate of drug-likeness (QED) is 0.304. The zero-order chi connectivity index (χ0) is 23.9. The molecule has 1 aliphatic rings. The molecule has 5 aromatic rings. The number of pyridine rings is 1. The predicted molar refractivity (Wildman–Crippen MR) is 135 cm³/mol. The second-order valence-electron chi connectivity index (χ2n) is 8.17. The van der Waals surface area contributed by atoms with Crippen LogP contribution in [-0.4, -0.2) is 21.6 Å². The number of fused-ring (bicyclic) bond motifs is 1. The minimum absolute atomic E-state index is 0.159. The molecule has 0 saturated carbocycles.